The van der Waals surface area contributed by atoms with E-state index in [1.807, 2.05) is 12.1 Å². The van der Waals surface area contributed by atoms with Gasteiger partial charge in [0.15, 0.2) is 5.11 Å². The van der Waals surface area contributed by atoms with E-state index in [9.17, 15) is 9.59 Å². The first-order valence-electron chi connectivity index (χ1n) is 8.00. The number of hydrazine groups is 1. The molecule has 2 rings (SSSR count). The highest BCUT2D eigenvalue weighted by molar-refractivity contribution is 14.1. The largest absolute Gasteiger partial charge is 0.497 e. The Bertz CT molecular complexity index is 901. The molecule has 0 aliphatic rings. The molecule has 0 fully saturated rings. The number of carbonyl (C=O) groups excluding carboxylic acids is 2. The monoisotopic (exact) mass is 511 g/mol. The van der Waals surface area contributed by atoms with Gasteiger partial charge in [-0.3, -0.25) is 25.8 Å². The molecule has 0 saturated carbocycles. The smallest absolute Gasteiger partial charge is 0.269 e. The molecular formula is C19H18IN3O4S. The lowest BCUT2D eigenvalue weighted by molar-refractivity contribution is -0.115. The molecule has 146 valence electrons. The van der Waals surface area contributed by atoms with Gasteiger partial charge in [0, 0.05) is 11.6 Å². The minimum atomic E-state index is -0.429. The minimum Gasteiger partial charge on any atom is -0.497 e. The second-order valence-corrected chi connectivity index (χ2v) is 6.92. The average molecular weight is 511 g/mol. The van der Waals surface area contributed by atoms with Gasteiger partial charge in [0.05, 0.1) is 17.8 Å². The van der Waals surface area contributed by atoms with Gasteiger partial charge < -0.3 is 9.47 Å². The Kier molecular flexibility index (Phi) is 8.20. The molecular weight excluding hydrogens is 493 g/mol. The highest BCUT2D eigenvalue weighted by Gasteiger charge is 2.09. The Hall–Kier alpha value is -2.66. The lowest BCUT2D eigenvalue weighted by Gasteiger charge is -2.10. The Morgan fingerprint density at radius 1 is 1.04 bits per heavy atom. The fourth-order valence-corrected chi connectivity index (χ4v) is 2.95. The van der Waals surface area contributed by atoms with Gasteiger partial charge >= 0.3 is 0 Å². The highest BCUT2D eigenvalue weighted by atomic mass is 127. The molecule has 0 aliphatic heterocycles. The van der Waals surface area contributed by atoms with Crippen molar-refractivity contribution < 1.29 is 19.1 Å². The molecule has 0 saturated heterocycles. The van der Waals surface area contributed by atoms with Crippen molar-refractivity contribution in [2.75, 3.05) is 14.2 Å². The SMILES string of the molecule is COc1ccc(/C=C/C(=O)NC(=S)NNC(=O)c2ccc(OC)c(I)c2)cc1. The minimum absolute atomic E-state index is 0.0269. The van der Waals surface area contributed by atoms with Crippen LogP contribution in [0.3, 0.4) is 0 Å². The van der Waals surface area contributed by atoms with Crippen molar-refractivity contribution in [2.24, 2.45) is 0 Å². The summed E-state index contributed by atoms with van der Waals surface area (Å²) < 4.78 is 11.0. The summed E-state index contributed by atoms with van der Waals surface area (Å²) in [4.78, 5) is 24.0. The number of ether oxygens (including phenoxy) is 2. The topological polar surface area (TPSA) is 88.7 Å². The number of nitrogens with one attached hydrogen (secondary N) is 3. The molecule has 2 aromatic rings. The van der Waals surface area contributed by atoms with Crippen LogP contribution in [0.1, 0.15) is 15.9 Å². The molecule has 7 nitrogen and oxygen atoms in total. The van der Waals surface area contributed by atoms with Crippen LogP contribution in [0.2, 0.25) is 0 Å². The van der Waals surface area contributed by atoms with Gasteiger partial charge in [-0.05, 0) is 76.8 Å². The van der Waals surface area contributed by atoms with Crippen molar-refractivity contribution in [3.8, 4) is 11.5 Å². The summed E-state index contributed by atoms with van der Waals surface area (Å²) in [5.74, 6) is 0.582. The number of methoxy groups -OCH3 is 2. The third-order valence-electron chi connectivity index (χ3n) is 3.48. The average Bonchev–Trinajstić information content (AvgIpc) is 2.70. The van der Waals surface area contributed by atoms with Crippen LogP contribution in [-0.4, -0.2) is 31.1 Å². The number of hydrogen-bond acceptors (Lipinski definition) is 5. The first-order valence-corrected chi connectivity index (χ1v) is 9.48. The second kappa shape index (κ2) is 10.6. The number of carbonyl (C=O) groups is 2. The number of rotatable bonds is 5. The fourth-order valence-electron chi connectivity index (χ4n) is 2.07. The molecule has 0 heterocycles. The van der Waals surface area contributed by atoms with Gasteiger partial charge in [-0.1, -0.05) is 12.1 Å². The number of thiocarbonyl (C=S) groups is 1. The van der Waals surface area contributed by atoms with Crippen LogP contribution in [0.5, 0.6) is 11.5 Å². The quantitative estimate of drug-likeness (QED) is 0.248. The molecule has 0 unspecified atom stereocenters. The van der Waals surface area contributed by atoms with Crippen molar-refractivity contribution in [3.63, 3.8) is 0 Å². The van der Waals surface area contributed by atoms with E-state index >= 15 is 0 Å². The summed E-state index contributed by atoms with van der Waals surface area (Å²) in [5, 5.41) is 2.42. The van der Waals surface area contributed by atoms with Gasteiger partial charge in [-0.25, -0.2) is 0 Å². The van der Waals surface area contributed by atoms with Gasteiger partial charge in [0.25, 0.3) is 5.91 Å². The number of hydrogen-bond donors (Lipinski definition) is 3. The molecule has 0 spiro atoms. The van der Waals surface area contributed by atoms with Gasteiger partial charge in [-0.2, -0.15) is 0 Å². The highest BCUT2D eigenvalue weighted by Crippen LogP contribution is 2.21. The van der Waals surface area contributed by atoms with E-state index in [2.05, 4.69) is 38.8 Å². The van der Waals surface area contributed by atoms with Crippen molar-refractivity contribution >= 4 is 57.8 Å². The first kappa shape index (κ1) is 21.6. The van der Waals surface area contributed by atoms with E-state index in [1.54, 1.807) is 50.6 Å². The van der Waals surface area contributed by atoms with E-state index < -0.39 is 11.8 Å². The maximum absolute atomic E-state index is 12.1. The third kappa shape index (κ3) is 6.50. The summed E-state index contributed by atoms with van der Waals surface area (Å²) in [6.45, 7) is 0. The van der Waals surface area contributed by atoms with E-state index in [-0.39, 0.29) is 5.11 Å². The van der Waals surface area contributed by atoms with E-state index in [4.69, 9.17) is 21.7 Å². The summed E-state index contributed by atoms with van der Waals surface area (Å²) in [7, 11) is 3.14. The summed E-state index contributed by atoms with van der Waals surface area (Å²) in [6.07, 6.45) is 2.97. The Morgan fingerprint density at radius 3 is 2.36 bits per heavy atom. The van der Waals surface area contributed by atoms with Crippen LogP contribution < -0.4 is 25.6 Å². The molecule has 28 heavy (non-hydrogen) atoms. The molecule has 9 heteroatoms. The number of halogens is 1. The lowest BCUT2D eigenvalue weighted by atomic mass is 10.2. The lowest BCUT2D eigenvalue weighted by Crippen LogP contribution is -2.48. The zero-order chi connectivity index (χ0) is 20.5. The molecule has 0 aliphatic carbocycles. The van der Waals surface area contributed by atoms with Crippen molar-refractivity contribution in [1.29, 1.82) is 0 Å². The van der Waals surface area contributed by atoms with Gasteiger partial charge in [-0.15, -0.1) is 0 Å². The molecule has 0 radical (unpaired) electrons. The third-order valence-corrected chi connectivity index (χ3v) is 4.53. The predicted octanol–water partition coefficient (Wildman–Crippen LogP) is 2.66. The molecule has 0 aromatic heterocycles. The first-order chi connectivity index (χ1) is 13.4. The standard InChI is InChI=1S/C19H18IN3O4S/c1-26-14-7-3-12(4-8-14)5-10-17(24)21-19(28)23-22-18(25)13-6-9-16(27-2)15(20)11-13/h3-11H,1-2H3,(H,22,25)(H2,21,23,24,28)/b10-5+. The summed E-state index contributed by atoms with van der Waals surface area (Å²) >= 11 is 7.07. The van der Waals surface area contributed by atoms with Crippen LogP contribution in [0.4, 0.5) is 0 Å². The van der Waals surface area contributed by atoms with E-state index in [1.165, 1.54) is 6.08 Å². The maximum Gasteiger partial charge on any atom is 0.269 e. The van der Waals surface area contributed by atoms with Crippen LogP contribution in [0.25, 0.3) is 6.08 Å². The summed E-state index contributed by atoms with van der Waals surface area (Å²) in [6, 6.07) is 12.2. The van der Waals surface area contributed by atoms with Crippen LogP contribution >= 0.6 is 34.8 Å². The van der Waals surface area contributed by atoms with Crippen LogP contribution in [0, 0.1) is 3.57 Å². The van der Waals surface area contributed by atoms with Crippen molar-refractivity contribution in [1.82, 2.24) is 16.2 Å². The molecule has 0 bridgehead atoms. The second-order valence-electron chi connectivity index (χ2n) is 5.35. The van der Waals surface area contributed by atoms with Crippen LogP contribution in [0.15, 0.2) is 48.5 Å². The molecule has 2 amide bonds. The number of benzene rings is 2. The van der Waals surface area contributed by atoms with Crippen molar-refractivity contribution in [2.45, 2.75) is 0 Å². The normalized spacial score (nSPS) is 10.2. The van der Waals surface area contributed by atoms with E-state index in [0.717, 1.165) is 14.9 Å². The molecule has 0 atom stereocenters. The molecule has 2 aromatic carbocycles. The zero-order valence-electron chi connectivity index (χ0n) is 15.1. The maximum atomic E-state index is 12.1. The summed E-state index contributed by atoms with van der Waals surface area (Å²) in [5.41, 5.74) is 6.17. The fraction of sp³-hybridized carbons (Fsp3) is 0.105. The predicted molar refractivity (Wildman–Crippen MR) is 119 cm³/mol. The van der Waals surface area contributed by atoms with Crippen LogP contribution in [-0.2, 0) is 4.79 Å². The van der Waals surface area contributed by atoms with Gasteiger partial charge in [0.2, 0.25) is 5.91 Å². The Balaban J connectivity index is 1.82. The Morgan fingerprint density at radius 2 is 1.75 bits per heavy atom. The zero-order valence-corrected chi connectivity index (χ0v) is 18.1. The Labute approximate surface area is 181 Å². The molecule has 3 N–H and O–H groups in total. The van der Waals surface area contributed by atoms with Crippen molar-refractivity contribution in [3.05, 3.63) is 63.2 Å². The van der Waals surface area contributed by atoms with Gasteiger partial charge in [0.1, 0.15) is 11.5 Å². The van der Waals surface area contributed by atoms with E-state index in [0.29, 0.717) is 11.3 Å². The number of amides is 2.